The molecule has 148 valence electrons. The predicted molar refractivity (Wildman–Crippen MR) is 101 cm³/mol. The quantitative estimate of drug-likeness (QED) is 0.595. The van der Waals surface area contributed by atoms with Crippen molar-refractivity contribution >= 4 is 23.2 Å². The molecular formula is C20H21F2N3O3. The van der Waals surface area contributed by atoms with Gasteiger partial charge in [-0.15, -0.1) is 0 Å². The maximum absolute atomic E-state index is 14.5. The first-order chi connectivity index (χ1) is 13.1. The SMILES string of the molecule is CC(=O)C(N)C(F)(F)C(=O)C(Cc1ccc(N)cc1)NC(=O)c1ccccc1. The van der Waals surface area contributed by atoms with Crippen LogP contribution >= 0.6 is 0 Å². The molecule has 28 heavy (non-hydrogen) atoms. The minimum absolute atomic E-state index is 0.205. The van der Waals surface area contributed by atoms with E-state index in [0.717, 1.165) is 6.92 Å². The molecule has 0 spiro atoms. The van der Waals surface area contributed by atoms with Crippen molar-refractivity contribution in [1.82, 2.24) is 5.32 Å². The fourth-order valence-corrected chi connectivity index (χ4v) is 2.57. The molecule has 0 heterocycles. The van der Waals surface area contributed by atoms with Crippen molar-refractivity contribution in [3.8, 4) is 0 Å². The van der Waals surface area contributed by atoms with E-state index in [1.807, 2.05) is 0 Å². The minimum Gasteiger partial charge on any atom is -0.399 e. The highest BCUT2D eigenvalue weighted by Gasteiger charge is 2.50. The van der Waals surface area contributed by atoms with Crippen LogP contribution in [0.1, 0.15) is 22.8 Å². The van der Waals surface area contributed by atoms with Crippen molar-refractivity contribution in [1.29, 1.82) is 0 Å². The second-order valence-corrected chi connectivity index (χ2v) is 6.41. The van der Waals surface area contributed by atoms with Gasteiger partial charge in [-0.2, -0.15) is 8.78 Å². The van der Waals surface area contributed by atoms with E-state index in [9.17, 15) is 23.2 Å². The van der Waals surface area contributed by atoms with Crippen molar-refractivity contribution < 1.29 is 23.2 Å². The van der Waals surface area contributed by atoms with E-state index in [2.05, 4.69) is 5.32 Å². The van der Waals surface area contributed by atoms with Crippen LogP contribution in [0.4, 0.5) is 14.5 Å². The van der Waals surface area contributed by atoms with Gasteiger partial charge in [0.2, 0.25) is 5.78 Å². The Morgan fingerprint density at radius 2 is 1.61 bits per heavy atom. The Balaban J connectivity index is 2.31. The number of hydrogen-bond acceptors (Lipinski definition) is 5. The molecule has 0 saturated carbocycles. The van der Waals surface area contributed by atoms with Gasteiger partial charge in [-0.25, -0.2) is 0 Å². The molecule has 0 saturated heterocycles. The Bertz CT molecular complexity index is 855. The summed E-state index contributed by atoms with van der Waals surface area (Å²) < 4.78 is 28.9. The molecular weight excluding hydrogens is 368 g/mol. The predicted octanol–water partition coefficient (Wildman–Crippen LogP) is 1.73. The second-order valence-electron chi connectivity index (χ2n) is 6.41. The Kier molecular flexibility index (Phi) is 6.58. The largest absolute Gasteiger partial charge is 0.399 e. The van der Waals surface area contributed by atoms with Crippen molar-refractivity contribution in [2.24, 2.45) is 5.73 Å². The summed E-state index contributed by atoms with van der Waals surface area (Å²) in [4.78, 5) is 36.2. The summed E-state index contributed by atoms with van der Waals surface area (Å²) in [7, 11) is 0. The number of nitrogens with one attached hydrogen (secondary N) is 1. The van der Waals surface area contributed by atoms with Crippen LogP contribution in [0.25, 0.3) is 0 Å². The number of carbonyl (C=O) groups excluding carboxylic acids is 3. The lowest BCUT2D eigenvalue weighted by Gasteiger charge is -2.26. The molecule has 0 fully saturated rings. The number of hydrogen-bond donors (Lipinski definition) is 3. The number of benzene rings is 2. The summed E-state index contributed by atoms with van der Waals surface area (Å²) in [6, 6.07) is 10.2. The molecule has 0 aliphatic carbocycles. The van der Waals surface area contributed by atoms with Gasteiger partial charge in [0.25, 0.3) is 5.91 Å². The van der Waals surface area contributed by atoms with Gasteiger partial charge in [0.1, 0.15) is 6.04 Å². The molecule has 0 radical (unpaired) electrons. The number of anilines is 1. The zero-order chi connectivity index (χ0) is 20.9. The Morgan fingerprint density at radius 1 is 1.04 bits per heavy atom. The molecule has 0 aromatic heterocycles. The fraction of sp³-hybridized carbons (Fsp3) is 0.250. The summed E-state index contributed by atoms with van der Waals surface area (Å²) in [5, 5.41) is 2.33. The molecule has 2 unspecified atom stereocenters. The normalized spacial score (nSPS) is 13.4. The molecule has 2 aromatic carbocycles. The maximum atomic E-state index is 14.5. The van der Waals surface area contributed by atoms with Gasteiger partial charge >= 0.3 is 5.92 Å². The Morgan fingerprint density at radius 3 is 2.14 bits per heavy atom. The molecule has 2 aromatic rings. The smallest absolute Gasteiger partial charge is 0.329 e. The monoisotopic (exact) mass is 389 g/mol. The van der Waals surface area contributed by atoms with Crippen molar-refractivity contribution in [2.75, 3.05) is 5.73 Å². The van der Waals surface area contributed by atoms with E-state index < -0.39 is 35.5 Å². The third kappa shape index (κ3) is 4.98. The molecule has 1 amide bonds. The number of rotatable bonds is 8. The van der Waals surface area contributed by atoms with Gasteiger partial charge in [0.15, 0.2) is 5.78 Å². The highest BCUT2D eigenvalue weighted by Crippen LogP contribution is 2.23. The average Bonchev–Trinajstić information content (AvgIpc) is 2.68. The number of ketones is 2. The maximum Gasteiger partial charge on any atom is 0.329 e. The number of alkyl halides is 2. The summed E-state index contributed by atoms with van der Waals surface area (Å²) in [6.45, 7) is 0.878. The number of halogens is 2. The van der Waals surface area contributed by atoms with E-state index in [-0.39, 0.29) is 12.0 Å². The summed E-state index contributed by atoms with van der Waals surface area (Å²) >= 11 is 0. The lowest BCUT2D eigenvalue weighted by atomic mass is 9.93. The van der Waals surface area contributed by atoms with E-state index in [1.54, 1.807) is 42.5 Å². The first-order valence-corrected chi connectivity index (χ1v) is 8.51. The first-order valence-electron chi connectivity index (χ1n) is 8.51. The molecule has 5 N–H and O–H groups in total. The lowest BCUT2D eigenvalue weighted by Crippen LogP contribution is -2.58. The van der Waals surface area contributed by atoms with Gasteiger partial charge in [0, 0.05) is 17.7 Å². The zero-order valence-electron chi connectivity index (χ0n) is 15.2. The van der Waals surface area contributed by atoms with Crippen LogP contribution in [-0.2, 0) is 16.0 Å². The van der Waals surface area contributed by atoms with Crippen LogP contribution < -0.4 is 16.8 Å². The third-order valence-electron chi connectivity index (χ3n) is 4.23. The van der Waals surface area contributed by atoms with Crippen molar-refractivity contribution in [3.63, 3.8) is 0 Å². The van der Waals surface area contributed by atoms with E-state index in [4.69, 9.17) is 11.5 Å². The van der Waals surface area contributed by atoms with Gasteiger partial charge in [-0.3, -0.25) is 14.4 Å². The van der Waals surface area contributed by atoms with Gasteiger partial charge < -0.3 is 16.8 Å². The fourth-order valence-electron chi connectivity index (χ4n) is 2.57. The van der Waals surface area contributed by atoms with E-state index in [1.165, 1.54) is 12.1 Å². The summed E-state index contributed by atoms with van der Waals surface area (Å²) in [6.07, 6.45) is -0.210. The van der Waals surface area contributed by atoms with Crippen LogP contribution in [0.2, 0.25) is 0 Å². The number of nitrogen functional groups attached to an aromatic ring is 1. The van der Waals surface area contributed by atoms with Gasteiger partial charge in [0.05, 0.1) is 6.04 Å². The Labute approximate surface area is 160 Å². The topological polar surface area (TPSA) is 115 Å². The zero-order valence-corrected chi connectivity index (χ0v) is 15.2. The van der Waals surface area contributed by atoms with E-state index >= 15 is 0 Å². The van der Waals surface area contributed by atoms with Gasteiger partial charge in [-0.05, 0) is 36.8 Å². The van der Waals surface area contributed by atoms with Crippen molar-refractivity contribution in [3.05, 3.63) is 65.7 Å². The molecule has 6 nitrogen and oxygen atoms in total. The molecule has 0 bridgehead atoms. The van der Waals surface area contributed by atoms with Crippen molar-refractivity contribution in [2.45, 2.75) is 31.4 Å². The first kappa shape index (κ1) is 21.2. The number of Topliss-reactive ketones (excluding diaryl/α,β-unsaturated/α-hetero) is 2. The van der Waals surface area contributed by atoms with E-state index in [0.29, 0.717) is 11.3 Å². The summed E-state index contributed by atoms with van der Waals surface area (Å²) in [5.41, 5.74) is 12.0. The molecule has 2 rings (SSSR count). The standard InChI is InChI=1S/C20H21F2N3O3/c1-12(26)17(24)20(21,22)18(27)16(11-13-7-9-15(23)10-8-13)25-19(28)14-5-3-2-4-6-14/h2-10,16-17H,11,23-24H2,1H3,(H,25,28). The van der Waals surface area contributed by atoms with Crippen LogP contribution in [-0.4, -0.2) is 35.5 Å². The highest BCUT2D eigenvalue weighted by molar-refractivity contribution is 6.02. The molecule has 8 heteroatoms. The minimum atomic E-state index is -4.13. The third-order valence-corrected chi connectivity index (χ3v) is 4.23. The molecule has 0 aliphatic rings. The highest BCUT2D eigenvalue weighted by atomic mass is 19.3. The average molecular weight is 389 g/mol. The van der Waals surface area contributed by atoms with Crippen LogP contribution in [0.15, 0.2) is 54.6 Å². The summed E-state index contributed by atoms with van der Waals surface area (Å²) in [5.74, 6) is -7.48. The number of carbonyl (C=O) groups is 3. The number of amides is 1. The van der Waals surface area contributed by atoms with Crippen LogP contribution in [0.3, 0.4) is 0 Å². The van der Waals surface area contributed by atoms with Gasteiger partial charge in [-0.1, -0.05) is 30.3 Å². The van der Waals surface area contributed by atoms with Crippen LogP contribution in [0, 0.1) is 0 Å². The Hall–Kier alpha value is -3.13. The number of nitrogens with two attached hydrogens (primary N) is 2. The molecule has 2 atom stereocenters. The molecule has 0 aliphatic heterocycles. The van der Waals surface area contributed by atoms with Crippen LogP contribution in [0.5, 0.6) is 0 Å². The lowest BCUT2D eigenvalue weighted by molar-refractivity contribution is -0.152. The second kappa shape index (κ2) is 8.71.